The van der Waals surface area contributed by atoms with Gasteiger partial charge in [-0.1, -0.05) is 25.1 Å². The maximum absolute atomic E-state index is 12.2. The Kier molecular flexibility index (Phi) is 5.42. The highest BCUT2D eigenvalue weighted by molar-refractivity contribution is 5.94. The molecule has 1 aromatic heterocycles. The average molecular weight is 420 g/mol. The lowest BCUT2D eigenvalue weighted by molar-refractivity contribution is -0.116. The zero-order chi connectivity index (χ0) is 21.4. The Balaban J connectivity index is 1.22. The van der Waals surface area contributed by atoms with E-state index in [0.29, 0.717) is 6.04 Å². The van der Waals surface area contributed by atoms with Crippen LogP contribution in [0, 0.1) is 0 Å². The van der Waals surface area contributed by atoms with Crippen LogP contribution in [0.4, 0.5) is 11.5 Å². The molecule has 2 aromatic rings. The monoisotopic (exact) mass is 419 g/mol. The SMILES string of the molecule is CCc1cncc(N2CCC(N3CCC4(CC3)CN(C(C)=O)c3ccccc34)CC2)n1. The molecule has 164 valence electrons. The van der Waals surface area contributed by atoms with Gasteiger partial charge in [0.1, 0.15) is 5.82 Å². The highest BCUT2D eigenvalue weighted by Gasteiger charge is 2.46. The van der Waals surface area contributed by atoms with Crippen LogP contribution >= 0.6 is 0 Å². The number of fused-ring (bicyclic) bond motifs is 2. The van der Waals surface area contributed by atoms with Crippen LogP contribution in [0.3, 0.4) is 0 Å². The molecule has 2 saturated heterocycles. The summed E-state index contributed by atoms with van der Waals surface area (Å²) in [4.78, 5) is 28.5. The molecule has 0 unspecified atom stereocenters. The number of benzene rings is 1. The molecule has 3 aliphatic rings. The number of hydrogen-bond donors (Lipinski definition) is 0. The fourth-order valence-electron chi connectivity index (χ4n) is 5.83. The van der Waals surface area contributed by atoms with Crippen molar-refractivity contribution in [1.82, 2.24) is 14.9 Å². The first-order valence-electron chi connectivity index (χ1n) is 11.8. The maximum Gasteiger partial charge on any atom is 0.223 e. The summed E-state index contributed by atoms with van der Waals surface area (Å²) in [6.45, 7) is 9.01. The molecule has 31 heavy (non-hydrogen) atoms. The molecule has 4 heterocycles. The van der Waals surface area contributed by atoms with Gasteiger partial charge in [-0.15, -0.1) is 0 Å². The van der Waals surface area contributed by atoms with Gasteiger partial charge < -0.3 is 14.7 Å². The number of piperidine rings is 2. The van der Waals surface area contributed by atoms with E-state index in [1.54, 1.807) is 6.92 Å². The summed E-state index contributed by atoms with van der Waals surface area (Å²) < 4.78 is 0. The summed E-state index contributed by atoms with van der Waals surface area (Å²) >= 11 is 0. The van der Waals surface area contributed by atoms with Gasteiger partial charge in [0.05, 0.1) is 11.9 Å². The molecule has 0 N–H and O–H groups in total. The maximum atomic E-state index is 12.2. The number of aryl methyl sites for hydroxylation is 1. The Morgan fingerprint density at radius 3 is 2.55 bits per heavy atom. The van der Waals surface area contributed by atoms with E-state index in [9.17, 15) is 4.79 Å². The standard InChI is InChI=1S/C25H33N5O/c1-3-20-16-26-17-24(27-20)29-12-8-21(9-13-29)28-14-10-25(11-15-28)18-30(19(2)31)23-7-5-4-6-22(23)25/h4-7,16-17,21H,3,8-15,18H2,1-2H3. The van der Waals surface area contributed by atoms with Crippen molar-refractivity contribution in [3.05, 3.63) is 47.9 Å². The molecule has 0 bridgehead atoms. The number of hydrogen-bond acceptors (Lipinski definition) is 5. The minimum Gasteiger partial charge on any atom is -0.355 e. The van der Waals surface area contributed by atoms with E-state index in [1.165, 1.54) is 18.4 Å². The largest absolute Gasteiger partial charge is 0.355 e. The first-order chi connectivity index (χ1) is 15.1. The van der Waals surface area contributed by atoms with E-state index in [4.69, 9.17) is 4.98 Å². The Bertz CT molecular complexity index is 944. The number of carbonyl (C=O) groups is 1. The average Bonchev–Trinajstić information content (AvgIpc) is 3.14. The van der Waals surface area contributed by atoms with E-state index >= 15 is 0 Å². The number of para-hydroxylation sites is 1. The third-order valence-corrected chi connectivity index (χ3v) is 7.70. The second-order valence-corrected chi connectivity index (χ2v) is 9.38. The molecule has 6 heteroatoms. The lowest BCUT2D eigenvalue weighted by atomic mass is 9.74. The number of nitrogens with zero attached hydrogens (tertiary/aromatic N) is 5. The summed E-state index contributed by atoms with van der Waals surface area (Å²) in [6, 6.07) is 9.19. The molecule has 0 saturated carbocycles. The Morgan fingerprint density at radius 1 is 1.10 bits per heavy atom. The highest BCUT2D eigenvalue weighted by atomic mass is 16.2. The molecule has 1 amide bonds. The summed E-state index contributed by atoms with van der Waals surface area (Å²) in [7, 11) is 0. The minimum atomic E-state index is 0.135. The molecule has 6 nitrogen and oxygen atoms in total. The Labute approximate surface area is 185 Å². The van der Waals surface area contributed by atoms with Gasteiger partial charge in [-0.3, -0.25) is 9.78 Å². The zero-order valence-corrected chi connectivity index (χ0v) is 18.8. The third-order valence-electron chi connectivity index (χ3n) is 7.70. The second-order valence-electron chi connectivity index (χ2n) is 9.38. The van der Waals surface area contributed by atoms with Gasteiger partial charge in [-0.2, -0.15) is 0 Å². The number of anilines is 2. The fourth-order valence-corrected chi connectivity index (χ4v) is 5.83. The van der Waals surface area contributed by atoms with Gasteiger partial charge in [0, 0.05) is 49.9 Å². The highest BCUT2D eigenvalue weighted by Crippen LogP contribution is 2.47. The molecule has 2 fully saturated rings. The van der Waals surface area contributed by atoms with Crippen molar-refractivity contribution in [1.29, 1.82) is 0 Å². The van der Waals surface area contributed by atoms with Crippen molar-refractivity contribution in [2.75, 3.05) is 42.5 Å². The number of rotatable bonds is 3. The van der Waals surface area contributed by atoms with Gasteiger partial charge in [0.25, 0.3) is 0 Å². The molecule has 0 aliphatic carbocycles. The van der Waals surface area contributed by atoms with E-state index < -0.39 is 0 Å². The van der Waals surface area contributed by atoms with Crippen LogP contribution in [0.25, 0.3) is 0 Å². The van der Waals surface area contributed by atoms with Crippen LogP contribution in [0.5, 0.6) is 0 Å². The predicted molar refractivity (Wildman–Crippen MR) is 124 cm³/mol. The van der Waals surface area contributed by atoms with Crippen LogP contribution in [0.2, 0.25) is 0 Å². The lowest BCUT2D eigenvalue weighted by Crippen LogP contribution is -2.52. The van der Waals surface area contributed by atoms with Crippen LogP contribution < -0.4 is 9.80 Å². The molecule has 1 aromatic carbocycles. The Hall–Kier alpha value is -2.47. The molecule has 1 spiro atoms. The van der Waals surface area contributed by atoms with Gasteiger partial charge in [-0.25, -0.2) is 4.98 Å². The predicted octanol–water partition coefficient (Wildman–Crippen LogP) is 3.41. The van der Waals surface area contributed by atoms with Crippen molar-refractivity contribution in [2.45, 2.75) is 57.4 Å². The first kappa shape index (κ1) is 20.4. The third kappa shape index (κ3) is 3.71. The summed E-state index contributed by atoms with van der Waals surface area (Å²) in [6.07, 6.45) is 9.34. The van der Waals surface area contributed by atoms with Gasteiger partial charge in [-0.05, 0) is 56.8 Å². The topological polar surface area (TPSA) is 52.6 Å². The number of aromatic nitrogens is 2. The summed E-state index contributed by atoms with van der Waals surface area (Å²) in [5.41, 5.74) is 3.72. The van der Waals surface area contributed by atoms with Crippen LogP contribution in [-0.2, 0) is 16.6 Å². The second kappa shape index (κ2) is 8.23. The number of likely N-dealkylation sites (tertiary alicyclic amines) is 1. The van der Waals surface area contributed by atoms with Gasteiger partial charge in [0.15, 0.2) is 0 Å². The summed E-state index contributed by atoms with van der Waals surface area (Å²) in [5, 5.41) is 0. The number of amides is 1. The van der Waals surface area contributed by atoms with Gasteiger partial charge >= 0.3 is 0 Å². The molecular weight excluding hydrogens is 386 g/mol. The first-order valence-corrected chi connectivity index (χ1v) is 11.8. The Morgan fingerprint density at radius 2 is 1.84 bits per heavy atom. The smallest absolute Gasteiger partial charge is 0.223 e. The van der Waals surface area contributed by atoms with Crippen molar-refractivity contribution in [3.8, 4) is 0 Å². The minimum absolute atomic E-state index is 0.135. The normalized spacial score (nSPS) is 21.5. The fraction of sp³-hybridized carbons (Fsp3) is 0.560. The van der Waals surface area contributed by atoms with Crippen LogP contribution in [0.15, 0.2) is 36.7 Å². The molecule has 0 atom stereocenters. The molecular formula is C25H33N5O. The van der Waals surface area contributed by atoms with Crippen LogP contribution in [0.1, 0.15) is 50.8 Å². The van der Waals surface area contributed by atoms with Crippen molar-refractivity contribution in [2.24, 2.45) is 0 Å². The summed E-state index contributed by atoms with van der Waals surface area (Å²) in [5.74, 6) is 1.19. The molecule has 3 aliphatic heterocycles. The van der Waals surface area contributed by atoms with Crippen molar-refractivity contribution in [3.63, 3.8) is 0 Å². The van der Waals surface area contributed by atoms with E-state index in [0.717, 1.165) is 69.2 Å². The molecule has 0 radical (unpaired) electrons. The van der Waals surface area contributed by atoms with Crippen molar-refractivity contribution >= 4 is 17.4 Å². The molecule has 5 rings (SSSR count). The van der Waals surface area contributed by atoms with E-state index in [-0.39, 0.29) is 11.3 Å². The number of carbonyl (C=O) groups excluding carboxylic acids is 1. The van der Waals surface area contributed by atoms with Gasteiger partial charge in [0.2, 0.25) is 5.91 Å². The van der Waals surface area contributed by atoms with Crippen LogP contribution in [-0.4, -0.2) is 59.5 Å². The zero-order valence-electron chi connectivity index (χ0n) is 18.8. The van der Waals surface area contributed by atoms with Crippen molar-refractivity contribution < 1.29 is 4.79 Å². The van der Waals surface area contributed by atoms with E-state index in [1.807, 2.05) is 17.3 Å². The lowest BCUT2D eigenvalue weighted by Gasteiger charge is -2.45. The van der Waals surface area contributed by atoms with E-state index in [2.05, 4.69) is 46.0 Å². The quantitative estimate of drug-likeness (QED) is 0.763.